The Kier molecular flexibility index (Phi) is 1.43. The monoisotopic (exact) mass is 193 g/mol. The van der Waals surface area contributed by atoms with Crippen LogP contribution in [-0.4, -0.2) is 18.1 Å². The largest absolute Gasteiger partial charge is 0.254 e. The van der Waals surface area contributed by atoms with Crippen molar-refractivity contribution in [2.24, 2.45) is 9.98 Å². The second-order valence-electron chi connectivity index (χ2n) is 3.49. The highest BCUT2D eigenvalue weighted by atomic mass is 15.1. The highest BCUT2D eigenvalue weighted by Crippen LogP contribution is 2.41. The van der Waals surface area contributed by atoms with Gasteiger partial charge in [-0.25, -0.2) is 0 Å². The second kappa shape index (κ2) is 2.64. The number of allylic oxidation sites excluding steroid dienone is 4. The predicted molar refractivity (Wildman–Crippen MR) is 58.7 cm³/mol. The highest BCUT2D eigenvalue weighted by molar-refractivity contribution is 5.93. The smallest absolute Gasteiger partial charge is 0.202 e. The summed E-state index contributed by atoms with van der Waals surface area (Å²) < 4.78 is 0. The third-order valence-corrected chi connectivity index (χ3v) is 2.73. The quantitative estimate of drug-likeness (QED) is 0.577. The Morgan fingerprint density at radius 1 is 1.20 bits per heavy atom. The van der Waals surface area contributed by atoms with Gasteiger partial charge in [0, 0.05) is 23.6 Å². The molecule has 15 heavy (non-hydrogen) atoms. The standard InChI is InChI=1S/C12H7N3/c13-7-9-8-15-12-10(4-2-6-14-12)3-1-5-11(9)12/h1-6,8H. The van der Waals surface area contributed by atoms with Crippen LogP contribution in [0.4, 0.5) is 0 Å². The summed E-state index contributed by atoms with van der Waals surface area (Å²) >= 11 is 0. The molecule has 0 fully saturated rings. The van der Waals surface area contributed by atoms with E-state index in [0.717, 1.165) is 11.1 Å². The van der Waals surface area contributed by atoms with Crippen LogP contribution >= 0.6 is 0 Å². The van der Waals surface area contributed by atoms with E-state index in [4.69, 9.17) is 5.26 Å². The molecule has 0 aromatic carbocycles. The average molecular weight is 193 g/mol. The van der Waals surface area contributed by atoms with E-state index in [1.807, 2.05) is 30.4 Å². The lowest BCUT2D eigenvalue weighted by atomic mass is 9.85. The molecule has 0 radical (unpaired) electrons. The van der Waals surface area contributed by atoms with Crippen molar-refractivity contribution in [3.63, 3.8) is 0 Å². The average Bonchev–Trinajstić information content (AvgIpc) is 2.65. The molecule has 0 aromatic heterocycles. The van der Waals surface area contributed by atoms with Crippen molar-refractivity contribution in [2.75, 3.05) is 0 Å². The lowest BCUT2D eigenvalue weighted by Gasteiger charge is -2.29. The molecule has 70 valence electrons. The second-order valence-corrected chi connectivity index (χ2v) is 3.49. The molecule has 0 saturated carbocycles. The van der Waals surface area contributed by atoms with Crippen LogP contribution < -0.4 is 0 Å². The van der Waals surface area contributed by atoms with Gasteiger partial charge in [-0.15, -0.1) is 0 Å². The van der Waals surface area contributed by atoms with Gasteiger partial charge in [-0.2, -0.15) is 5.26 Å². The van der Waals surface area contributed by atoms with Gasteiger partial charge in [0.25, 0.3) is 0 Å². The Morgan fingerprint density at radius 3 is 3.00 bits per heavy atom. The van der Waals surface area contributed by atoms with Crippen molar-refractivity contribution in [2.45, 2.75) is 5.66 Å². The Hall–Kier alpha value is -2.21. The van der Waals surface area contributed by atoms with Crippen LogP contribution in [-0.2, 0) is 0 Å². The fourth-order valence-corrected chi connectivity index (χ4v) is 2.02. The summed E-state index contributed by atoms with van der Waals surface area (Å²) in [5, 5.41) is 8.97. The zero-order valence-electron chi connectivity index (χ0n) is 7.88. The van der Waals surface area contributed by atoms with Gasteiger partial charge in [0.1, 0.15) is 6.07 Å². The summed E-state index contributed by atoms with van der Waals surface area (Å²) in [6.45, 7) is 0. The number of hydrogen-bond donors (Lipinski definition) is 0. The first kappa shape index (κ1) is 8.13. The molecule has 3 nitrogen and oxygen atoms in total. The van der Waals surface area contributed by atoms with Crippen molar-refractivity contribution in [3.05, 3.63) is 47.1 Å². The summed E-state index contributed by atoms with van der Waals surface area (Å²) in [6, 6.07) is 2.14. The number of dihydropyridines is 1. The molecule has 1 spiro atoms. The van der Waals surface area contributed by atoms with Gasteiger partial charge in [0.05, 0.1) is 5.57 Å². The minimum Gasteiger partial charge on any atom is -0.254 e. The Labute approximate surface area is 87.2 Å². The van der Waals surface area contributed by atoms with Crippen LogP contribution in [0.15, 0.2) is 57.1 Å². The van der Waals surface area contributed by atoms with E-state index in [-0.39, 0.29) is 0 Å². The molecule has 2 aliphatic heterocycles. The van der Waals surface area contributed by atoms with Crippen LogP contribution in [0.3, 0.4) is 0 Å². The maximum atomic E-state index is 8.97. The molecule has 2 heterocycles. The molecule has 0 aromatic rings. The fourth-order valence-electron chi connectivity index (χ4n) is 2.02. The van der Waals surface area contributed by atoms with E-state index in [2.05, 4.69) is 16.1 Å². The fraction of sp³-hybridized carbons (Fsp3) is 0.0833. The number of rotatable bonds is 0. The van der Waals surface area contributed by atoms with Crippen molar-refractivity contribution in [3.8, 4) is 6.07 Å². The van der Waals surface area contributed by atoms with E-state index >= 15 is 0 Å². The summed E-state index contributed by atoms with van der Waals surface area (Å²) in [7, 11) is 0. The van der Waals surface area contributed by atoms with Gasteiger partial charge in [0.15, 0.2) is 0 Å². The van der Waals surface area contributed by atoms with Gasteiger partial charge in [-0.3, -0.25) is 9.98 Å². The third-order valence-electron chi connectivity index (χ3n) is 2.73. The molecule has 0 amide bonds. The van der Waals surface area contributed by atoms with E-state index in [9.17, 15) is 0 Å². The highest BCUT2D eigenvalue weighted by Gasteiger charge is 2.41. The van der Waals surface area contributed by atoms with Gasteiger partial charge in [0.2, 0.25) is 5.66 Å². The molecule has 3 rings (SSSR count). The van der Waals surface area contributed by atoms with Crippen molar-refractivity contribution in [1.29, 1.82) is 5.26 Å². The maximum Gasteiger partial charge on any atom is 0.202 e. The SMILES string of the molecule is N#CC1=C2C=CC=C3C=CC=NC32N=C1. The van der Waals surface area contributed by atoms with Crippen molar-refractivity contribution >= 4 is 12.4 Å². The van der Waals surface area contributed by atoms with Crippen LogP contribution in [0.5, 0.6) is 0 Å². The first-order valence-electron chi connectivity index (χ1n) is 4.68. The van der Waals surface area contributed by atoms with Gasteiger partial charge in [-0.05, 0) is 6.08 Å². The lowest BCUT2D eigenvalue weighted by Crippen LogP contribution is -2.29. The number of aliphatic imine (C=N–C) groups is 2. The predicted octanol–water partition coefficient (Wildman–Crippen LogP) is 1.72. The zero-order valence-corrected chi connectivity index (χ0v) is 7.88. The maximum absolute atomic E-state index is 8.97. The third kappa shape index (κ3) is 0.882. The van der Waals surface area contributed by atoms with Gasteiger partial charge < -0.3 is 0 Å². The molecule has 0 bridgehead atoms. The minimum absolute atomic E-state index is 0.601. The van der Waals surface area contributed by atoms with Crippen molar-refractivity contribution < 1.29 is 0 Å². The number of nitriles is 1. The first-order valence-corrected chi connectivity index (χ1v) is 4.68. The molecule has 0 saturated heterocycles. The van der Waals surface area contributed by atoms with Gasteiger partial charge in [-0.1, -0.05) is 24.3 Å². The molecular weight excluding hydrogens is 186 g/mol. The number of hydrogen-bond acceptors (Lipinski definition) is 3. The topological polar surface area (TPSA) is 48.5 Å². The Balaban J connectivity index is 2.30. The molecule has 1 aliphatic carbocycles. The summed E-state index contributed by atoms with van der Waals surface area (Å²) in [5.74, 6) is 0. The van der Waals surface area contributed by atoms with Crippen LogP contribution in [0, 0.1) is 11.3 Å². The molecular formula is C12H7N3. The van der Waals surface area contributed by atoms with E-state index in [0.29, 0.717) is 5.57 Å². The molecule has 1 unspecified atom stereocenters. The molecule has 3 heteroatoms. The van der Waals surface area contributed by atoms with Crippen LogP contribution in [0.1, 0.15) is 0 Å². The van der Waals surface area contributed by atoms with Gasteiger partial charge >= 0.3 is 0 Å². The van der Waals surface area contributed by atoms with E-state index in [1.54, 1.807) is 12.4 Å². The first-order chi connectivity index (χ1) is 7.37. The van der Waals surface area contributed by atoms with Crippen molar-refractivity contribution in [1.82, 2.24) is 0 Å². The molecule has 3 aliphatic rings. The number of nitrogens with zero attached hydrogens (tertiary/aromatic N) is 3. The van der Waals surface area contributed by atoms with Crippen LogP contribution in [0.25, 0.3) is 0 Å². The Bertz CT molecular complexity index is 550. The zero-order chi connectivity index (χ0) is 10.3. The van der Waals surface area contributed by atoms with E-state index in [1.165, 1.54) is 0 Å². The Morgan fingerprint density at radius 2 is 2.13 bits per heavy atom. The van der Waals surface area contributed by atoms with E-state index < -0.39 is 5.66 Å². The lowest BCUT2D eigenvalue weighted by molar-refractivity contribution is 0.651. The summed E-state index contributed by atoms with van der Waals surface area (Å²) in [4.78, 5) is 8.78. The summed E-state index contributed by atoms with van der Waals surface area (Å²) in [6.07, 6.45) is 13.0. The minimum atomic E-state index is -0.658. The van der Waals surface area contributed by atoms with Crippen LogP contribution in [0.2, 0.25) is 0 Å². The molecule has 1 atom stereocenters. The molecule has 0 N–H and O–H groups in total. The normalized spacial score (nSPS) is 29.9. The summed E-state index contributed by atoms with van der Waals surface area (Å²) in [5.41, 5.74) is 1.84.